The van der Waals surface area contributed by atoms with Crippen LogP contribution in [0.2, 0.25) is 5.28 Å². The van der Waals surface area contributed by atoms with Gasteiger partial charge in [-0.1, -0.05) is 25.7 Å². The van der Waals surface area contributed by atoms with Crippen molar-refractivity contribution in [3.8, 4) is 0 Å². The molecule has 2 aromatic heterocycles. The molecular weight excluding hydrogens is 485 g/mol. The Morgan fingerprint density at radius 2 is 1.77 bits per heavy atom. The molecular formula is C26H35Cl2N5O2. The lowest BCUT2D eigenvalue weighted by atomic mass is 9.86. The van der Waals surface area contributed by atoms with Gasteiger partial charge in [0.2, 0.25) is 5.28 Å². The second-order valence-electron chi connectivity index (χ2n) is 12.1. The molecule has 9 heteroatoms. The Bertz CT molecular complexity index is 1110. The molecule has 190 valence electrons. The van der Waals surface area contributed by atoms with Gasteiger partial charge in [0, 0.05) is 17.3 Å². The van der Waals surface area contributed by atoms with Crippen LogP contribution in [0.4, 0.5) is 5.82 Å². The molecule has 0 unspecified atom stereocenters. The summed E-state index contributed by atoms with van der Waals surface area (Å²) in [5, 5.41) is 4.12. The first-order valence-electron chi connectivity index (χ1n) is 13.5. The number of nitrogens with zero attached hydrogens (tertiary/aromatic N) is 4. The Morgan fingerprint density at radius 1 is 1.09 bits per heavy atom. The normalized spacial score (nSPS) is 36.4. The molecule has 1 aliphatic heterocycles. The third-order valence-electron chi connectivity index (χ3n) is 9.71. The first-order valence-corrected chi connectivity index (χ1v) is 14.4. The van der Waals surface area contributed by atoms with Crippen LogP contribution in [-0.4, -0.2) is 49.4 Å². The second kappa shape index (κ2) is 8.17. The summed E-state index contributed by atoms with van der Waals surface area (Å²) in [5.41, 5.74) is 1.54. The minimum Gasteiger partial charge on any atom is -0.365 e. The maximum Gasteiger partial charge on any atom is 0.226 e. The van der Waals surface area contributed by atoms with Crippen LogP contribution in [0.1, 0.15) is 77.7 Å². The number of anilines is 1. The van der Waals surface area contributed by atoms with E-state index >= 15 is 0 Å². The maximum atomic E-state index is 6.54. The van der Waals surface area contributed by atoms with Crippen molar-refractivity contribution in [2.45, 2.75) is 102 Å². The van der Waals surface area contributed by atoms with Crippen LogP contribution in [0.25, 0.3) is 11.2 Å². The molecule has 35 heavy (non-hydrogen) atoms. The highest BCUT2D eigenvalue weighted by atomic mass is 35.5. The summed E-state index contributed by atoms with van der Waals surface area (Å²) in [6.07, 6.45) is 13.4. The van der Waals surface area contributed by atoms with Gasteiger partial charge in [-0.3, -0.25) is 0 Å². The quantitative estimate of drug-likeness (QED) is 0.374. The van der Waals surface area contributed by atoms with E-state index in [-0.39, 0.29) is 28.9 Å². The SMILES string of the molecule is CC1(C)O[C@H]2[C@H](n3cnc4c(NC(C5CCCC5)C5CCCC5)nc(Cl)nc43)[C@H]3C[C@@]3(CCl)[C@H]2O1. The highest BCUT2D eigenvalue weighted by Crippen LogP contribution is 2.72. The summed E-state index contributed by atoms with van der Waals surface area (Å²) in [6, 6.07) is 0.500. The number of halogens is 2. The molecule has 0 spiro atoms. The number of aromatic nitrogens is 4. The van der Waals surface area contributed by atoms with Crippen molar-refractivity contribution in [3.05, 3.63) is 11.6 Å². The van der Waals surface area contributed by atoms with Crippen molar-refractivity contribution in [3.63, 3.8) is 0 Å². The summed E-state index contributed by atoms with van der Waals surface area (Å²) in [5.74, 6) is 2.52. The van der Waals surface area contributed by atoms with E-state index in [2.05, 4.69) is 19.9 Å². The number of fused-ring (bicyclic) bond motifs is 4. The van der Waals surface area contributed by atoms with E-state index in [0.717, 1.165) is 23.4 Å². The molecule has 0 aromatic carbocycles. The van der Waals surface area contributed by atoms with E-state index in [1.807, 2.05) is 20.2 Å². The summed E-state index contributed by atoms with van der Waals surface area (Å²) >= 11 is 13.1. The fourth-order valence-electron chi connectivity index (χ4n) is 8.05. The molecule has 0 amide bonds. The van der Waals surface area contributed by atoms with Crippen LogP contribution >= 0.6 is 23.2 Å². The molecule has 3 heterocycles. The molecule has 4 saturated carbocycles. The van der Waals surface area contributed by atoms with E-state index in [0.29, 0.717) is 29.7 Å². The van der Waals surface area contributed by atoms with Gasteiger partial charge in [-0.25, -0.2) is 4.98 Å². The molecule has 1 saturated heterocycles. The van der Waals surface area contributed by atoms with Crippen LogP contribution in [0, 0.1) is 23.2 Å². The minimum atomic E-state index is -0.619. The van der Waals surface area contributed by atoms with Crippen molar-refractivity contribution >= 4 is 40.2 Å². The van der Waals surface area contributed by atoms with Gasteiger partial charge in [-0.15, -0.1) is 11.6 Å². The fraction of sp³-hybridized carbons (Fsp3) is 0.808. The Morgan fingerprint density at radius 3 is 2.43 bits per heavy atom. The second-order valence-corrected chi connectivity index (χ2v) is 12.7. The lowest BCUT2D eigenvalue weighted by Crippen LogP contribution is -2.35. The van der Waals surface area contributed by atoms with Crippen molar-refractivity contribution in [1.29, 1.82) is 0 Å². The average Bonchev–Trinajstić information content (AvgIpc) is 3.44. The number of alkyl halides is 1. The molecule has 7 rings (SSSR count). The summed E-state index contributed by atoms with van der Waals surface area (Å²) in [7, 11) is 0. The fourth-order valence-corrected chi connectivity index (χ4v) is 8.68. The molecule has 1 N–H and O–H groups in total. The van der Waals surface area contributed by atoms with Gasteiger partial charge in [0.15, 0.2) is 22.8 Å². The van der Waals surface area contributed by atoms with Gasteiger partial charge < -0.3 is 19.4 Å². The van der Waals surface area contributed by atoms with Crippen LogP contribution in [0.15, 0.2) is 6.33 Å². The molecule has 2 aromatic rings. The largest absolute Gasteiger partial charge is 0.365 e. The van der Waals surface area contributed by atoms with Gasteiger partial charge >= 0.3 is 0 Å². The van der Waals surface area contributed by atoms with Gasteiger partial charge in [-0.2, -0.15) is 9.97 Å². The van der Waals surface area contributed by atoms with E-state index in [1.54, 1.807) is 0 Å². The van der Waals surface area contributed by atoms with Crippen molar-refractivity contribution in [2.24, 2.45) is 23.2 Å². The predicted molar refractivity (Wildman–Crippen MR) is 136 cm³/mol. The zero-order valence-corrected chi connectivity index (χ0v) is 22.1. The minimum absolute atomic E-state index is 0.00790. The third-order valence-corrected chi connectivity index (χ3v) is 10.4. The van der Waals surface area contributed by atoms with Crippen LogP contribution < -0.4 is 5.32 Å². The van der Waals surface area contributed by atoms with Gasteiger partial charge in [-0.05, 0) is 75.3 Å². The van der Waals surface area contributed by atoms with Crippen LogP contribution in [0.3, 0.4) is 0 Å². The number of imidazole rings is 1. The van der Waals surface area contributed by atoms with E-state index in [4.69, 9.17) is 37.7 Å². The topological polar surface area (TPSA) is 74.1 Å². The number of hydrogen-bond acceptors (Lipinski definition) is 6. The first kappa shape index (κ1) is 23.0. The zero-order valence-electron chi connectivity index (χ0n) is 20.6. The van der Waals surface area contributed by atoms with Crippen molar-refractivity contribution < 1.29 is 9.47 Å². The first-order chi connectivity index (χ1) is 16.9. The van der Waals surface area contributed by atoms with E-state index in [1.165, 1.54) is 51.4 Å². The lowest BCUT2D eigenvalue weighted by molar-refractivity contribution is -0.160. The smallest absolute Gasteiger partial charge is 0.226 e. The van der Waals surface area contributed by atoms with Gasteiger partial charge in [0.25, 0.3) is 0 Å². The van der Waals surface area contributed by atoms with Gasteiger partial charge in [0.1, 0.15) is 6.10 Å². The molecule has 0 bridgehead atoms. The molecule has 0 radical (unpaired) electrons. The monoisotopic (exact) mass is 519 g/mol. The Labute approximate surface area is 216 Å². The Kier molecular flexibility index (Phi) is 5.37. The summed E-state index contributed by atoms with van der Waals surface area (Å²) < 4.78 is 15.0. The molecule has 7 nitrogen and oxygen atoms in total. The highest BCUT2D eigenvalue weighted by molar-refractivity contribution is 6.28. The Hall–Kier alpha value is -1.15. The summed E-state index contributed by atoms with van der Waals surface area (Å²) in [4.78, 5) is 14.2. The summed E-state index contributed by atoms with van der Waals surface area (Å²) in [6.45, 7) is 3.97. The maximum absolute atomic E-state index is 6.54. The predicted octanol–water partition coefficient (Wildman–Crippen LogP) is 5.96. The van der Waals surface area contributed by atoms with Crippen molar-refractivity contribution in [1.82, 2.24) is 19.5 Å². The molecule has 5 aliphatic rings. The van der Waals surface area contributed by atoms with E-state index in [9.17, 15) is 0 Å². The molecule has 4 aliphatic carbocycles. The molecule has 5 atom stereocenters. The standard InChI is InChI=1S/C26H35Cl2N5O2/c1-25(2)34-20-19(16-11-26(16,12-27)21(20)35-25)33-13-29-18-22(31-24(28)32-23(18)33)30-17(14-7-3-4-8-14)15-9-5-6-10-15/h13-17,19-21H,3-12H2,1-2H3,(H,30,31,32)/t16-,19-,20+,21+,26+/m1/s1. The van der Waals surface area contributed by atoms with Crippen LogP contribution in [-0.2, 0) is 9.47 Å². The third kappa shape index (κ3) is 3.55. The molecule has 5 fully saturated rings. The highest BCUT2D eigenvalue weighted by Gasteiger charge is 2.75. The van der Waals surface area contributed by atoms with E-state index < -0.39 is 5.79 Å². The number of nitrogens with one attached hydrogen (secondary N) is 1. The van der Waals surface area contributed by atoms with Crippen molar-refractivity contribution in [2.75, 3.05) is 11.2 Å². The number of ether oxygens (including phenoxy) is 2. The number of hydrogen-bond donors (Lipinski definition) is 1. The zero-order chi connectivity index (χ0) is 23.9. The van der Waals surface area contributed by atoms with Gasteiger partial charge in [0.05, 0.1) is 18.5 Å². The average molecular weight is 521 g/mol. The lowest BCUT2D eigenvalue weighted by Gasteiger charge is -2.30. The number of rotatable bonds is 6. The Balaban J connectivity index is 1.26. The van der Waals surface area contributed by atoms with Crippen LogP contribution in [0.5, 0.6) is 0 Å².